The van der Waals surface area contributed by atoms with Gasteiger partial charge in [-0.1, -0.05) is 6.07 Å². The van der Waals surface area contributed by atoms with Crippen molar-refractivity contribution < 1.29 is 5.11 Å². The summed E-state index contributed by atoms with van der Waals surface area (Å²) in [5, 5.41) is 10.3. The second-order valence-corrected chi connectivity index (χ2v) is 5.30. The van der Waals surface area contributed by atoms with E-state index < -0.39 is 5.60 Å². The van der Waals surface area contributed by atoms with Crippen molar-refractivity contribution in [3.8, 4) is 0 Å². The van der Waals surface area contributed by atoms with Crippen molar-refractivity contribution in [1.82, 2.24) is 0 Å². The molecule has 1 saturated carbocycles. The fourth-order valence-corrected chi connectivity index (χ4v) is 2.97. The lowest BCUT2D eigenvalue weighted by Gasteiger charge is -2.38. The van der Waals surface area contributed by atoms with Gasteiger partial charge in [-0.2, -0.15) is 0 Å². The molecule has 0 radical (unpaired) electrons. The Balaban J connectivity index is 2.46. The van der Waals surface area contributed by atoms with Gasteiger partial charge in [0, 0.05) is 4.90 Å². The van der Waals surface area contributed by atoms with Crippen LogP contribution < -0.4 is 0 Å². The highest BCUT2D eigenvalue weighted by molar-refractivity contribution is 7.98. The average Bonchev–Trinajstić information content (AvgIpc) is 2.19. The first-order valence-electron chi connectivity index (χ1n) is 5.45. The summed E-state index contributed by atoms with van der Waals surface area (Å²) in [4.78, 5) is 1.32. The lowest BCUT2D eigenvalue weighted by Crippen LogP contribution is -2.34. The first kappa shape index (κ1) is 11.0. The van der Waals surface area contributed by atoms with Crippen LogP contribution in [0.2, 0.25) is 0 Å². The van der Waals surface area contributed by atoms with E-state index in [0.29, 0.717) is 0 Å². The molecule has 0 bridgehead atoms. The molecule has 0 aliphatic heterocycles. The molecule has 2 heteroatoms. The van der Waals surface area contributed by atoms with Crippen LogP contribution in [-0.4, -0.2) is 11.4 Å². The van der Waals surface area contributed by atoms with E-state index in [-0.39, 0.29) is 0 Å². The summed E-state index contributed by atoms with van der Waals surface area (Å²) in [5.74, 6) is 0. The van der Waals surface area contributed by atoms with Gasteiger partial charge in [0.1, 0.15) is 0 Å². The highest BCUT2D eigenvalue weighted by Crippen LogP contribution is 2.43. The smallest absolute Gasteiger partial charge is 0.0899 e. The zero-order chi connectivity index (χ0) is 11.1. The van der Waals surface area contributed by atoms with Crippen LogP contribution in [0.4, 0.5) is 0 Å². The summed E-state index contributed by atoms with van der Waals surface area (Å²) < 4.78 is 0. The molecule has 1 N–H and O–H groups in total. The van der Waals surface area contributed by atoms with Crippen molar-refractivity contribution in [2.24, 2.45) is 0 Å². The number of thioether (sulfide) groups is 1. The first-order valence-corrected chi connectivity index (χ1v) is 6.68. The van der Waals surface area contributed by atoms with Gasteiger partial charge >= 0.3 is 0 Å². The third-order valence-corrected chi connectivity index (χ3v) is 4.52. The van der Waals surface area contributed by atoms with Gasteiger partial charge in [-0.3, -0.25) is 0 Å². The molecule has 1 aromatic rings. The third-order valence-electron chi connectivity index (χ3n) is 3.64. The van der Waals surface area contributed by atoms with Gasteiger partial charge in [0.15, 0.2) is 0 Å². The van der Waals surface area contributed by atoms with Crippen LogP contribution in [0.1, 0.15) is 36.0 Å². The second kappa shape index (κ2) is 3.84. The predicted octanol–water partition coefficient (Wildman–Crippen LogP) is 3.40. The van der Waals surface area contributed by atoms with E-state index in [1.807, 2.05) is 0 Å². The molecular weight excluding hydrogens is 204 g/mol. The molecular formula is C13H18OS. The van der Waals surface area contributed by atoms with Gasteiger partial charge in [-0.05, 0) is 62.1 Å². The van der Waals surface area contributed by atoms with Gasteiger partial charge in [0.25, 0.3) is 0 Å². The Kier molecular flexibility index (Phi) is 2.82. The van der Waals surface area contributed by atoms with E-state index in [9.17, 15) is 5.11 Å². The molecule has 1 fully saturated rings. The standard InChI is InChI=1S/C13H18OS/c1-9-10(2)12(15-3)6-5-11(9)13(14)7-4-8-13/h5-6,14H,4,7-8H2,1-3H3. The van der Waals surface area contributed by atoms with Crippen LogP contribution in [0.25, 0.3) is 0 Å². The molecule has 82 valence electrons. The Labute approximate surface area is 95.9 Å². The van der Waals surface area contributed by atoms with E-state index in [2.05, 4.69) is 32.2 Å². The topological polar surface area (TPSA) is 20.2 Å². The summed E-state index contributed by atoms with van der Waals surface area (Å²) in [5.41, 5.74) is 3.21. The highest BCUT2D eigenvalue weighted by Gasteiger charge is 2.37. The van der Waals surface area contributed by atoms with Crippen molar-refractivity contribution >= 4 is 11.8 Å². The first-order chi connectivity index (χ1) is 7.08. The van der Waals surface area contributed by atoms with Crippen LogP contribution in [0, 0.1) is 13.8 Å². The van der Waals surface area contributed by atoms with Gasteiger partial charge in [0.05, 0.1) is 5.60 Å². The zero-order valence-corrected chi connectivity index (χ0v) is 10.4. The maximum absolute atomic E-state index is 10.3. The van der Waals surface area contributed by atoms with Crippen molar-refractivity contribution in [2.45, 2.75) is 43.6 Å². The van der Waals surface area contributed by atoms with E-state index in [0.717, 1.165) is 24.8 Å². The predicted molar refractivity (Wildman–Crippen MR) is 65.4 cm³/mol. The van der Waals surface area contributed by atoms with Crippen LogP contribution in [0.5, 0.6) is 0 Å². The minimum Gasteiger partial charge on any atom is -0.385 e. The van der Waals surface area contributed by atoms with Crippen molar-refractivity contribution in [2.75, 3.05) is 6.26 Å². The molecule has 1 aromatic carbocycles. The lowest BCUT2D eigenvalue weighted by atomic mass is 9.73. The largest absolute Gasteiger partial charge is 0.385 e. The Morgan fingerprint density at radius 1 is 1.20 bits per heavy atom. The second-order valence-electron chi connectivity index (χ2n) is 4.45. The maximum atomic E-state index is 10.3. The minimum atomic E-state index is -0.522. The SMILES string of the molecule is CSc1ccc(C2(O)CCC2)c(C)c1C. The minimum absolute atomic E-state index is 0.522. The summed E-state index contributed by atoms with van der Waals surface area (Å²) in [6.07, 6.45) is 5.09. The molecule has 0 unspecified atom stereocenters. The summed E-state index contributed by atoms with van der Waals surface area (Å²) in [6.45, 7) is 4.27. The molecule has 0 spiro atoms. The highest BCUT2D eigenvalue weighted by atomic mass is 32.2. The lowest BCUT2D eigenvalue weighted by molar-refractivity contribution is -0.0394. The number of benzene rings is 1. The zero-order valence-electron chi connectivity index (χ0n) is 9.63. The molecule has 1 aliphatic carbocycles. The van der Waals surface area contributed by atoms with Crippen molar-refractivity contribution in [1.29, 1.82) is 0 Å². The number of rotatable bonds is 2. The monoisotopic (exact) mass is 222 g/mol. The van der Waals surface area contributed by atoms with Gasteiger partial charge in [-0.25, -0.2) is 0 Å². The molecule has 1 nitrogen and oxygen atoms in total. The quantitative estimate of drug-likeness (QED) is 0.774. The van der Waals surface area contributed by atoms with E-state index >= 15 is 0 Å². The van der Waals surface area contributed by atoms with Crippen LogP contribution in [0.15, 0.2) is 17.0 Å². The normalized spacial score (nSPS) is 18.7. The van der Waals surface area contributed by atoms with Crippen molar-refractivity contribution in [3.05, 3.63) is 28.8 Å². The van der Waals surface area contributed by atoms with Crippen LogP contribution in [-0.2, 0) is 5.60 Å². The Bertz CT molecular complexity index is 380. The van der Waals surface area contributed by atoms with E-state index in [1.165, 1.54) is 16.0 Å². The Morgan fingerprint density at radius 2 is 1.87 bits per heavy atom. The Hall–Kier alpha value is -0.470. The van der Waals surface area contributed by atoms with Crippen molar-refractivity contribution in [3.63, 3.8) is 0 Å². The fourth-order valence-electron chi connectivity index (χ4n) is 2.30. The van der Waals surface area contributed by atoms with E-state index in [4.69, 9.17) is 0 Å². The van der Waals surface area contributed by atoms with Gasteiger partial charge in [-0.15, -0.1) is 11.8 Å². The molecule has 2 rings (SSSR count). The fraction of sp³-hybridized carbons (Fsp3) is 0.538. The number of hydrogen-bond acceptors (Lipinski definition) is 2. The summed E-state index contributed by atoms with van der Waals surface area (Å²) >= 11 is 1.77. The molecule has 0 saturated heterocycles. The molecule has 0 atom stereocenters. The summed E-state index contributed by atoms with van der Waals surface area (Å²) in [6, 6.07) is 4.24. The molecule has 0 aromatic heterocycles. The molecule has 15 heavy (non-hydrogen) atoms. The Morgan fingerprint density at radius 3 is 2.33 bits per heavy atom. The molecule has 0 heterocycles. The maximum Gasteiger partial charge on any atom is 0.0899 e. The van der Waals surface area contributed by atoms with Crippen LogP contribution >= 0.6 is 11.8 Å². The van der Waals surface area contributed by atoms with E-state index in [1.54, 1.807) is 11.8 Å². The number of hydrogen-bond donors (Lipinski definition) is 1. The summed E-state index contributed by atoms with van der Waals surface area (Å²) in [7, 11) is 0. The molecule has 1 aliphatic rings. The average molecular weight is 222 g/mol. The van der Waals surface area contributed by atoms with Gasteiger partial charge in [0.2, 0.25) is 0 Å². The van der Waals surface area contributed by atoms with Gasteiger partial charge < -0.3 is 5.11 Å². The molecule has 0 amide bonds. The van der Waals surface area contributed by atoms with Crippen LogP contribution in [0.3, 0.4) is 0 Å². The third kappa shape index (κ3) is 1.70. The number of aliphatic hydroxyl groups is 1.